The molecule has 1 aliphatic heterocycles. The number of pyridine rings is 1. The van der Waals surface area contributed by atoms with E-state index < -0.39 is 254 Å². The SMILES string of the molecule is [2H]c1c([2H])c(F)c(F)c(C([2H])([2H])Sc2c([2H])c(=O)c3c([2H])c([2H])c([2H])c([2H])c3n2CC(=O)N(Cc2c([2H])c([2H])c(-c3c([2H])c([2H])c(C(F)(F)F)c(C)c3[2H])c([2H])c2[2H])C2([2H])C([2H])([2H])C([2H])([2H])N(C([2H])([2H])COC)C([2H])([2H])C2([2H])[2H])c1[2H]. The van der Waals surface area contributed by atoms with Gasteiger partial charge in [-0.3, -0.25) is 9.59 Å². The van der Waals surface area contributed by atoms with E-state index in [1.165, 1.54) is 0 Å². The predicted molar refractivity (Wildman–Crippen MR) is 198 cm³/mol. The van der Waals surface area contributed by atoms with Gasteiger partial charge in [0, 0.05) is 78.3 Å². The quantitative estimate of drug-likeness (QED) is 0.0938. The number of aromatic nitrogens is 1. The monoisotopic (exact) mass is 777 g/mol. The van der Waals surface area contributed by atoms with Crippen molar-refractivity contribution in [1.29, 1.82) is 0 Å². The van der Waals surface area contributed by atoms with Gasteiger partial charge in [-0.05, 0) is 66.1 Å². The van der Waals surface area contributed by atoms with Gasteiger partial charge in [0.1, 0.15) is 6.54 Å². The number of amides is 1. The average Bonchev–Trinajstić information content (AvgIpc) is 2.46. The summed E-state index contributed by atoms with van der Waals surface area (Å²) in [4.78, 5) is 28.6. The number of hydrogen-bond donors (Lipinski definition) is 0. The van der Waals surface area contributed by atoms with Crippen LogP contribution in [0.5, 0.6) is 0 Å². The highest BCUT2D eigenvalue weighted by Gasteiger charge is 2.32. The van der Waals surface area contributed by atoms with Crippen molar-refractivity contribution >= 4 is 28.6 Å². The minimum absolute atomic E-state index is 0.117. The number of thioether (sulfide) groups is 1. The first-order valence-electron chi connectivity index (χ1n) is 28.7. The van der Waals surface area contributed by atoms with E-state index >= 15 is 13.6 Å². The molecule has 0 saturated carbocycles. The molecule has 1 aromatic heterocycles. The second-order valence-corrected chi connectivity index (χ2v) is 11.3. The summed E-state index contributed by atoms with van der Waals surface area (Å²) in [7, 11) is 0.816. The molecule has 1 aliphatic rings. The summed E-state index contributed by atoms with van der Waals surface area (Å²) in [6, 6.07) is -26.0. The molecule has 53 heavy (non-hydrogen) atoms. The molecule has 4 aromatic carbocycles. The Morgan fingerprint density at radius 3 is 2.45 bits per heavy atom. The van der Waals surface area contributed by atoms with Crippen molar-refractivity contribution < 1.29 is 69.9 Å². The maximum absolute atomic E-state index is 15.7. The Morgan fingerprint density at radius 1 is 1.02 bits per heavy atom. The van der Waals surface area contributed by atoms with E-state index in [9.17, 15) is 24.8 Å². The number of methoxy groups -OCH3 is 1. The van der Waals surface area contributed by atoms with Gasteiger partial charge < -0.3 is 19.1 Å². The van der Waals surface area contributed by atoms with Crippen LogP contribution in [0.15, 0.2) is 100 Å². The number of hydrogen-bond acceptors (Lipinski definition) is 5. The number of fused-ring (bicyclic) bond motifs is 1. The van der Waals surface area contributed by atoms with Gasteiger partial charge in [-0.25, -0.2) is 8.78 Å². The van der Waals surface area contributed by atoms with Gasteiger partial charge in [-0.2, -0.15) is 13.2 Å². The normalized spacial score (nSPS) is 26.7. The number of carbonyl (C=O) groups excluding carboxylic acids is 1. The van der Waals surface area contributed by atoms with Crippen molar-refractivity contribution in [2.45, 2.75) is 55.7 Å². The summed E-state index contributed by atoms with van der Waals surface area (Å²) in [6.45, 7) is -17.1. The number of benzene rings is 4. The minimum Gasteiger partial charge on any atom is -0.383 e. The number of likely N-dealkylation sites (tertiary alicyclic amines) is 1. The number of para-hydroxylation sites is 1. The first-order valence-corrected chi connectivity index (χ1v) is 15.5. The standard InChI is InChI=1S/C41H40F5N3O3S/c1-27-22-30(14-15-34(27)41(44,45)46)29-12-10-28(11-13-29)24-48(32-16-18-47(19-17-32)20-21-52-2)38(51)25-49-36-9-4-3-7-33(36)37(50)23-39(49)53-26-31-6-5-8-35(42)40(31)43/h3-15,22-23,32H,16-21,24-26H2,1-2H3/i3D,4D,5D,6D,7D,8D,9D,10D,11D,12D,13D,14D,15D,16D2,17D2,18D2,19D2,20D2,22D,23D,26D2,32D. The Labute approximate surface area is 348 Å². The molecule has 1 fully saturated rings. The lowest BCUT2D eigenvalue weighted by molar-refractivity contribution is -0.138. The maximum atomic E-state index is 15.7. The number of piperidine rings is 1. The topological polar surface area (TPSA) is 54.8 Å². The molecule has 6 nitrogen and oxygen atoms in total. The van der Waals surface area contributed by atoms with Crippen LogP contribution in [0.2, 0.25) is 0 Å². The summed E-state index contributed by atoms with van der Waals surface area (Å²) in [5, 5.41) is -2.61. The Hall–Kier alpha value is -4.52. The van der Waals surface area contributed by atoms with Crippen molar-refractivity contribution in [3.63, 3.8) is 0 Å². The van der Waals surface area contributed by atoms with Crippen LogP contribution in [-0.2, 0) is 34.5 Å². The van der Waals surface area contributed by atoms with Crippen LogP contribution in [0, 0.1) is 18.6 Å². The fourth-order valence-electron chi connectivity index (χ4n) is 4.51. The summed E-state index contributed by atoms with van der Waals surface area (Å²) < 4.78 is 324. The number of rotatable bonds is 12. The molecule has 0 aliphatic carbocycles. The molecule has 0 atom stereocenters. The molecular formula is C41H40F5N3O3S. The van der Waals surface area contributed by atoms with Gasteiger partial charge in [0.2, 0.25) is 5.91 Å². The highest BCUT2D eigenvalue weighted by molar-refractivity contribution is 7.98. The number of alkyl halides is 3. The van der Waals surface area contributed by atoms with E-state index in [0.29, 0.717) is 6.92 Å². The molecule has 0 unspecified atom stereocenters. The lowest BCUT2D eigenvalue weighted by atomic mass is 9.98. The second-order valence-electron chi connectivity index (χ2n) is 10.5. The predicted octanol–water partition coefficient (Wildman–Crippen LogP) is 8.71. The van der Waals surface area contributed by atoms with Crippen LogP contribution >= 0.6 is 11.8 Å². The van der Waals surface area contributed by atoms with Crippen molar-refractivity contribution in [2.75, 3.05) is 33.2 Å². The molecule has 1 amide bonds. The number of nitrogens with zero attached hydrogens (tertiary/aromatic N) is 3. The lowest BCUT2D eigenvalue weighted by Crippen LogP contribution is -2.48. The van der Waals surface area contributed by atoms with Crippen LogP contribution in [0.4, 0.5) is 22.0 Å². The third kappa shape index (κ3) is 9.00. The molecule has 6 rings (SSSR count). The van der Waals surface area contributed by atoms with Crippen LogP contribution in [0.1, 0.15) is 73.4 Å². The van der Waals surface area contributed by atoms with E-state index in [1.807, 2.05) is 0 Å². The number of halogens is 5. The third-order valence-electron chi connectivity index (χ3n) is 6.98. The summed E-state index contributed by atoms with van der Waals surface area (Å²) in [5.74, 6) is -6.70. The minimum atomic E-state index is -5.35. The summed E-state index contributed by atoms with van der Waals surface area (Å²) in [6.07, 6.45) is -14.6. The number of ether oxygens (including phenoxy) is 1. The third-order valence-corrected chi connectivity index (χ3v) is 7.80. The van der Waals surface area contributed by atoms with Crippen LogP contribution in [0.25, 0.3) is 22.0 Å². The first kappa shape index (κ1) is 16.5. The Bertz CT molecular complexity index is 3470. The van der Waals surface area contributed by atoms with Gasteiger partial charge >= 0.3 is 6.18 Å². The summed E-state index contributed by atoms with van der Waals surface area (Å²) in [5.41, 5.74) is -14.8. The molecular weight excluding hydrogens is 710 g/mol. The van der Waals surface area contributed by atoms with E-state index in [1.54, 1.807) is 0 Å². The fourth-order valence-corrected chi connectivity index (χ4v) is 5.26. The van der Waals surface area contributed by atoms with E-state index in [0.717, 1.165) is 7.11 Å². The van der Waals surface area contributed by atoms with Crippen LogP contribution in [-0.4, -0.2) is 59.5 Å². The molecule has 0 bridgehead atoms. The van der Waals surface area contributed by atoms with E-state index in [4.69, 9.17) is 36.3 Å². The Morgan fingerprint density at radius 2 is 1.74 bits per heavy atom. The van der Waals surface area contributed by atoms with Gasteiger partial charge in [-0.15, -0.1) is 11.8 Å². The van der Waals surface area contributed by atoms with Crippen molar-refractivity contribution in [1.82, 2.24) is 14.4 Å². The molecule has 12 heteroatoms. The van der Waals surface area contributed by atoms with Crippen LogP contribution < -0.4 is 5.43 Å². The first-order chi connectivity index (χ1) is 36.6. The van der Waals surface area contributed by atoms with Crippen molar-refractivity contribution in [3.05, 3.63) is 135 Å². The zero-order valence-corrected chi connectivity index (χ0v) is 27.8. The van der Waals surface area contributed by atoms with Crippen molar-refractivity contribution in [2.24, 2.45) is 0 Å². The summed E-state index contributed by atoms with van der Waals surface area (Å²) >= 11 is -0.606. The van der Waals surface area contributed by atoms with Gasteiger partial charge in [0.05, 0.1) is 44.6 Å². The second kappa shape index (κ2) is 16.7. The Kier molecular flexibility index (Phi) is 5.17. The molecule has 0 radical (unpaired) electrons. The molecule has 2 heterocycles. The molecule has 1 saturated heterocycles. The zero-order valence-electron chi connectivity index (χ0n) is 55.0. The smallest absolute Gasteiger partial charge is 0.383 e. The van der Waals surface area contributed by atoms with Crippen molar-refractivity contribution in [3.8, 4) is 11.1 Å². The lowest BCUT2D eigenvalue weighted by Gasteiger charge is -2.39. The van der Waals surface area contributed by atoms with Crippen LogP contribution in [0.3, 0.4) is 0 Å². The Balaban J connectivity index is 1.77. The highest BCUT2D eigenvalue weighted by atomic mass is 32.2. The average molecular weight is 778 g/mol. The molecule has 278 valence electrons. The largest absolute Gasteiger partial charge is 0.416 e. The van der Waals surface area contributed by atoms with Gasteiger partial charge in [0.25, 0.3) is 0 Å². The van der Waals surface area contributed by atoms with Gasteiger partial charge in [0.15, 0.2) is 17.1 Å². The highest BCUT2D eigenvalue weighted by Crippen LogP contribution is 2.34. The van der Waals surface area contributed by atoms with Gasteiger partial charge in [-0.1, -0.05) is 60.4 Å². The molecule has 0 N–H and O–H groups in total. The molecule has 0 spiro atoms. The van der Waals surface area contributed by atoms with E-state index in [2.05, 4.69) is 0 Å². The fraction of sp³-hybridized carbons (Fsp3) is 0.317. The zero-order chi connectivity index (χ0) is 62.4. The maximum Gasteiger partial charge on any atom is 0.416 e. The molecule has 5 aromatic rings. The van der Waals surface area contributed by atoms with E-state index in [-0.39, 0.29) is 4.57 Å². The number of carbonyl (C=O) groups is 1.